The summed E-state index contributed by atoms with van der Waals surface area (Å²) in [5.41, 5.74) is -0.206. The third kappa shape index (κ3) is 2.91. The van der Waals surface area contributed by atoms with Crippen molar-refractivity contribution in [2.24, 2.45) is 0 Å². The first kappa shape index (κ1) is 11.4. The molecule has 0 atom stereocenters. The van der Waals surface area contributed by atoms with Crippen LogP contribution >= 0.6 is 0 Å². The Labute approximate surface area is 87.1 Å². The smallest absolute Gasteiger partial charge is 0.168 e. The Morgan fingerprint density at radius 3 is 2.67 bits per heavy atom. The van der Waals surface area contributed by atoms with Crippen LogP contribution in [0.1, 0.15) is 25.3 Å². The first-order chi connectivity index (χ1) is 7.19. The van der Waals surface area contributed by atoms with Gasteiger partial charge in [-0.3, -0.25) is 0 Å². The van der Waals surface area contributed by atoms with Gasteiger partial charge < -0.3 is 4.74 Å². The summed E-state index contributed by atoms with van der Waals surface area (Å²) in [4.78, 5) is 0. The molecule has 0 amide bonds. The highest BCUT2D eigenvalue weighted by molar-refractivity contribution is 5.38. The Morgan fingerprint density at radius 2 is 2.07 bits per heavy atom. The quantitative estimate of drug-likeness (QED) is 0.717. The molecule has 4 heteroatoms. The monoisotopic (exact) mass is 211 g/mol. The summed E-state index contributed by atoms with van der Waals surface area (Å²) in [6, 6.07) is 3.38. The summed E-state index contributed by atoms with van der Waals surface area (Å²) in [5.74, 6) is -1.71. The van der Waals surface area contributed by atoms with Crippen LogP contribution in [0.4, 0.5) is 8.78 Å². The molecular formula is C11H11F2NO. The highest BCUT2D eigenvalue weighted by Crippen LogP contribution is 2.21. The molecule has 0 bridgehead atoms. The van der Waals surface area contributed by atoms with Gasteiger partial charge in [0, 0.05) is 12.1 Å². The first-order valence-electron chi connectivity index (χ1n) is 4.71. The normalized spacial score (nSPS) is 9.73. The fourth-order valence-electron chi connectivity index (χ4n) is 1.05. The lowest BCUT2D eigenvalue weighted by Gasteiger charge is -2.06. The summed E-state index contributed by atoms with van der Waals surface area (Å²) in [5, 5.41) is 8.54. The molecule has 0 heterocycles. The van der Waals surface area contributed by atoms with E-state index in [0.717, 1.165) is 18.9 Å². The molecular weight excluding hydrogens is 200 g/mol. The van der Waals surface area contributed by atoms with Crippen molar-refractivity contribution in [1.82, 2.24) is 0 Å². The van der Waals surface area contributed by atoms with Crippen LogP contribution in [-0.2, 0) is 0 Å². The number of hydrogen-bond acceptors (Lipinski definition) is 2. The van der Waals surface area contributed by atoms with E-state index in [1.807, 2.05) is 6.92 Å². The molecule has 1 aromatic rings. The van der Waals surface area contributed by atoms with Crippen molar-refractivity contribution in [3.05, 3.63) is 29.3 Å². The molecule has 0 saturated heterocycles. The fourth-order valence-corrected chi connectivity index (χ4v) is 1.05. The van der Waals surface area contributed by atoms with Crippen LogP contribution in [0.3, 0.4) is 0 Å². The first-order valence-corrected chi connectivity index (χ1v) is 4.71. The maximum Gasteiger partial charge on any atom is 0.168 e. The third-order valence-corrected chi connectivity index (χ3v) is 1.90. The number of rotatable bonds is 4. The van der Waals surface area contributed by atoms with Gasteiger partial charge in [-0.2, -0.15) is 5.26 Å². The molecule has 1 aromatic carbocycles. The number of nitrogens with zero attached hydrogens (tertiary/aromatic N) is 1. The van der Waals surface area contributed by atoms with Gasteiger partial charge >= 0.3 is 0 Å². The molecule has 0 radical (unpaired) electrons. The Balaban J connectivity index is 2.84. The predicted octanol–water partition coefficient (Wildman–Crippen LogP) is 3.02. The number of unbranched alkanes of at least 4 members (excludes halogenated alkanes) is 1. The fraction of sp³-hybridized carbons (Fsp3) is 0.364. The van der Waals surface area contributed by atoms with Crippen molar-refractivity contribution in [3.8, 4) is 11.8 Å². The molecule has 0 aliphatic carbocycles. The third-order valence-electron chi connectivity index (χ3n) is 1.90. The summed E-state index contributed by atoms with van der Waals surface area (Å²) in [7, 11) is 0. The van der Waals surface area contributed by atoms with Gasteiger partial charge in [0.05, 0.1) is 12.2 Å². The second-order valence-electron chi connectivity index (χ2n) is 3.08. The van der Waals surface area contributed by atoms with Crippen molar-refractivity contribution < 1.29 is 13.5 Å². The average Bonchev–Trinajstić information content (AvgIpc) is 2.21. The molecule has 0 spiro atoms. The summed E-state index contributed by atoms with van der Waals surface area (Å²) in [6.07, 6.45) is 1.71. The van der Waals surface area contributed by atoms with E-state index in [0.29, 0.717) is 12.7 Å². The SMILES string of the molecule is CCCCOc1cc(C#N)c(F)cc1F. The highest BCUT2D eigenvalue weighted by atomic mass is 19.1. The lowest BCUT2D eigenvalue weighted by molar-refractivity contribution is 0.293. The van der Waals surface area contributed by atoms with Crippen LogP contribution in [-0.4, -0.2) is 6.61 Å². The molecule has 0 fully saturated rings. The van der Waals surface area contributed by atoms with Gasteiger partial charge in [0.25, 0.3) is 0 Å². The molecule has 0 N–H and O–H groups in total. The van der Waals surface area contributed by atoms with Crippen molar-refractivity contribution in [3.63, 3.8) is 0 Å². The minimum atomic E-state index is -0.863. The maximum absolute atomic E-state index is 13.1. The van der Waals surface area contributed by atoms with Crippen molar-refractivity contribution >= 4 is 0 Å². The summed E-state index contributed by atoms with van der Waals surface area (Å²) in [6.45, 7) is 2.34. The van der Waals surface area contributed by atoms with Crippen LogP contribution in [0.5, 0.6) is 5.75 Å². The number of benzene rings is 1. The van der Waals surface area contributed by atoms with Crippen molar-refractivity contribution in [2.75, 3.05) is 6.61 Å². The lowest BCUT2D eigenvalue weighted by Crippen LogP contribution is -2.00. The Morgan fingerprint density at radius 1 is 1.33 bits per heavy atom. The number of halogens is 2. The van der Waals surface area contributed by atoms with E-state index in [4.69, 9.17) is 10.00 Å². The molecule has 0 saturated carbocycles. The van der Waals surface area contributed by atoms with Gasteiger partial charge in [-0.05, 0) is 6.42 Å². The zero-order valence-corrected chi connectivity index (χ0v) is 8.39. The van der Waals surface area contributed by atoms with E-state index < -0.39 is 11.6 Å². The molecule has 0 aliphatic heterocycles. The largest absolute Gasteiger partial charge is 0.490 e. The van der Waals surface area contributed by atoms with Gasteiger partial charge in [0.15, 0.2) is 11.6 Å². The molecule has 0 unspecified atom stereocenters. The Hall–Kier alpha value is -1.63. The Kier molecular flexibility index (Phi) is 4.04. The van der Waals surface area contributed by atoms with Crippen LogP contribution < -0.4 is 4.74 Å². The highest BCUT2D eigenvalue weighted by Gasteiger charge is 2.10. The molecule has 2 nitrogen and oxygen atoms in total. The maximum atomic E-state index is 13.1. The average molecular weight is 211 g/mol. The van der Waals surface area contributed by atoms with E-state index in [-0.39, 0.29) is 11.3 Å². The second kappa shape index (κ2) is 5.30. The molecule has 0 aliphatic rings. The number of nitriles is 1. The van der Waals surface area contributed by atoms with Crippen LogP contribution in [0.15, 0.2) is 12.1 Å². The van der Waals surface area contributed by atoms with E-state index in [1.165, 1.54) is 0 Å². The van der Waals surface area contributed by atoms with Gasteiger partial charge in [0.2, 0.25) is 0 Å². The zero-order chi connectivity index (χ0) is 11.3. The van der Waals surface area contributed by atoms with Gasteiger partial charge in [-0.15, -0.1) is 0 Å². The lowest BCUT2D eigenvalue weighted by atomic mass is 10.2. The van der Waals surface area contributed by atoms with Crippen LogP contribution in [0.2, 0.25) is 0 Å². The second-order valence-corrected chi connectivity index (χ2v) is 3.08. The van der Waals surface area contributed by atoms with E-state index in [1.54, 1.807) is 6.07 Å². The van der Waals surface area contributed by atoms with E-state index >= 15 is 0 Å². The minimum Gasteiger partial charge on any atom is -0.490 e. The number of ether oxygens (including phenoxy) is 1. The minimum absolute atomic E-state index is 0.0681. The standard InChI is InChI=1S/C11H11F2NO/c1-2-3-4-15-11-5-8(7-14)9(12)6-10(11)13/h5-6H,2-4H2,1H3. The Bertz CT molecular complexity index is 385. The van der Waals surface area contributed by atoms with E-state index in [2.05, 4.69) is 0 Å². The van der Waals surface area contributed by atoms with Crippen molar-refractivity contribution in [1.29, 1.82) is 5.26 Å². The summed E-state index contributed by atoms with van der Waals surface area (Å²) < 4.78 is 31.1. The molecule has 1 rings (SSSR count). The van der Waals surface area contributed by atoms with Crippen LogP contribution in [0, 0.1) is 23.0 Å². The topological polar surface area (TPSA) is 33.0 Å². The predicted molar refractivity (Wildman–Crippen MR) is 51.5 cm³/mol. The summed E-state index contributed by atoms with van der Waals surface area (Å²) >= 11 is 0. The van der Waals surface area contributed by atoms with Gasteiger partial charge in [0.1, 0.15) is 11.9 Å². The molecule has 15 heavy (non-hydrogen) atoms. The molecule has 80 valence electrons. The van der Waals surface area contributed by atoms with Gasteiger partial charge in [-0.25, -0.2) is 8.78 Å². The van der Waals surface area contributed by atoms with Gasteiger partial charge in [-0.1, -0.05) is 13.3 Å². The van der Waals surface area contributed by atoms with Crippen molar-refractivity contribution in [2.45, 2.75) is 19.8 Å². The molecule has 0 aromatic heterocycles. The number of hydrogen-bond donors (Lipinski definition) is 0. The zero-order valence-electron chi connectivity index (χ0n) is 8.39. The van der Waals surface area contributed by atoms with Crippen LogP contribution in [0.25, 0.3) is 0 Å². The van der Waals surface area contributed by atoms with E-state index in [9.17, 15) is 8.78 Å².